The second-order valence-electron chi connectivity index (χ2n) is 3.63. The highest BCUT2D eigenvalue weighted by Gasteiger charge is 2.06. The molecule has 0 N–H and O–H groups in total. The van der Waals surface area contributed by atoms with Crippen LogP contribution in [-0.4, -0.2) is 49.7 Å². The van der Waals surface area contributed by atoms with E-state index in [9.17, 15) is 0 Å². The Hall–Kier alpha value is -0.840. The van der Waals surface area contributed by atoms with Crippen LogP contribution in [-0.2, 0) is 11.3 Å². The molecule has 0 saturated heterocycles. The Balaban J connectivity index is 2.57. The van der Waals surface area contributed by atoms with Crippen molar-refractivity contribution in [3.05, 3.63) is 23.9 Å². The number of nitrogens with zero attached hydrogens (tertiary/aromatic N) is 2. The lowest BCUT2D eigenvalue weighted by Gasteiger charge is -2.20. The molecule has 0 spiro atoms. The smallest absolute Gasteiger partial charge is 0.213 e. The van der Waals surface area contributed by atoms with E-state index in [2.05, 4.69) is 9.88 Å². The molecule has 0 saturated carbocycles. The van der Waals surface area contributed by atoms with Crippen molar-refractivity contribution in [1.29, 1.82) is 0 Å². The van der Waals surface area contributed by atoms with Gasteiger partial charge in [0.25, 0.3) is 0 Å². The Bertz CT molecular complexity index is 323. The second kappa shape index (κ2) is 8.28. The monoisotopic (exact) mass is 258 g/mol. The molecule has 0 fully saturated rings. The van der Waals surface area contributed by atoms with Crippen LogP contribution in [0.25, 0.3) is 0 Å². The third-order valence-corrected chi connectivity index (χ3v) is 2.56. The van der Waals surface area contributed by atoms with Gasteiger partial charge in [-0.2, -0.15) is 0 Å². The zero-order valence-electron chi connectivity index (χ0n) is 10.4. The SMILES string of the molecule is COCCN(CCCl)Cc1cccc(OC)n1. The summed E-state index contributed by atoms with van der Waals surface area (Å²) in [5.74, 6) is 1.24. The van der Waals surface area contributed by atoms with E-state index in [0.29, 0.717) is 18.4 Å². The van der Waals surface area contributed by atoms with Crippen molar-refractivity contribution < 1.29 is 9.47 Å². The molecule has 96 valence electrons. The van der Waals surface area contributed by atoms with Gasteiger partial charge >= 0.3 is 0 Å². The van der Waals surface area contributed by atoms with Gasteiger partial charge in [-0.1, -0.05) is 6.07 Å². The standard InChI is InChI=1S/C12H19ClN2O2/c1-16-9-8-15(7-6-13)10-11-4-3-5-12(14-11)17-2/h3-5H,6-10H2,1-2H3. The number of aromatic nitrogens is 1. The molecule has 1 rings (SSSR count). The number of pyridine rings is 1. The molecule has 0 unspecified atom stereocenters. The van der Waals surface area contributed by atoms with Crippen molar-refractivity contribution in [3.8, 4) is 5.88 Å². The van der Waals surface area contributed by atoms with E-state index in [4.69, 9.17) is 21.1 Å². The molecule has 0 atom stereocenters. The minimum atomic E-state index is 0.605. The Labute approximate surface area is 107 Å². The number of halogens is 1. The maximum Gasteiger partial charge on any atom is 0.213 e. The first-order valence-electron chi connectivity index (χ1n) is 5.57. The Morgan fingerprint density at radius 3 is 2.76 bits per heavy atom. The molecule has 1 aromatic heterocycles. The van der Waals surface area contributed by atoms with Crippen LogP contribution in [0.3, 0.4) is 0 Å². The lowest BCUT2D eigenvalue weighted by molar-refractivity contribution is 0.147. The van der Waals surface area contributed by atoms with Crippen LogP contribution in [0.4, 0.5) is 0 Å². The summed E-state index contributed by atoms with van der Waals surface area (Å²) in [5, 5.41) is 0. The van der Waals surface area contributed by atoms with Crippen molar-refractivity contribution >= 4 is 11.6 Å². The fraction of sp³-hybridized carbons (Fsp3) is 0.583. The minimum absolute atomic E-state index is 0.605. The zero-order chi connectivity index (χ0) is 12.5. The first-order chi connectivity index (χ1) is 8.30. The van der Waals surface area contributed by atoms with E-state index in [1.54, 1.807) is 14.2 Å². The van der Waals surface area contributed by atoms with E-state index < -0.39 is 0 Å². The van der Waals surface area contributed by atoms with Gasteiger partial charge in [0.1, 0.15) is 0 Å². The van der Waals surface area contributed by atoms with E-state index in [0.717, 1.165) is 25.3 Å². The number of rotatable bonds is 8. The summed E-state index contributed by atoms with van der Waals surface area (Å²) >= 11 is 5.77. The van der Waals surface area contributed by atoms with Gasteiger partial charge in [0.2, 0.25) is 5.88 Å². The highest BCUT2D eigenvalue weighted by Crippen LogP contribution is 2.09. The van der Waals surface area contributed by atoms with Crippen LogP contribution in [0.5, 0.6) is 5.88 Å². The van der Waals surface area contributed by atoms with E-state index in [1.807, 2.05) is 18.2 Å². The van der Waals surface area contributed by atoms with Gasteiger partial charge in [-0.25, -0.2) is 4.98 Å². The number of methoxy groups -OCH3 is 2. The molecule has 0 aliphatic carbocycles. The highest BCUT2D eigenvalue weighted by molar-refractivity contribution is 6.18. The Morgan fingerprint density at radius 2 is 2.12 bits per heavy atom. The second-order valence-corrected chi connectivity index (χ2v) is 4.01. The normalized spacial score (nSPS) is 10.8. The number of hydrogen-bond acceptors (Lipinski definition) is 4. The average molecular weight is 259 g/mol. The van der Waals surface area contributed by atoms with Crippen LogP contribution < -0.4 is 4.74 Å². The van der Waals surface area contributed by atoms with Gasteiger partial charge in [0.05, 0.1) is 19.4 Å². The molecule has 0 aromatic carbocycles. The third-order valence-electron chi connectivity index (χ3n) is 2.39. The molecule has 0 aliphatic heterocycles. The van der Waals surface area contributed by atoms with Crippen LogP contribution in [0.2, 0.25) is 0 Å². The summed E-state index contributed by atoms with van der Waals surface area (Å²) < 4.78 is 10.2. The fourth-order valence-corrected chi connectivity index (χ4v) is 1.74. The molecule has 17 heavy (non-hydrogen) atoms. The Morgan fingerprint density at radius 1 is 1.29 bits per heavy atom. The summed E-state index contributed by atoms with van der Waals surface area (Å²) in [4.78, 5) is 6.58. The predicted octanol–water partition coefficient (Wildman–Crippen LogP) is 1.78. The maximum atomic E-state index is 5.77. The lowest BCUT2D eigenvalue weighted by atomic mass is 10.3. The number of alkyl halides is 1. The van der Waals surface area contributed by atoms with Crippen LogP contribution in [0.1, 0.15) is 5.69 Å². The van der Waals surface area contributed by atoms with Crippen molar-refractivity contribution in [2.24, 2.45) is 0 Å². The van der Waals surface area contributed by atoms with Crippen LogP contribution in [0, 0.1) is 0 Å². The van der Waals surface area contributed by atoms with Crippen molar-refractivity contribution in [2.45, 2.75) is 6.54 Å². The molecule has 0 radical (unpaired) electrons. The van der Waals surface area contributed by atoms with Crippen molar-refractivity contribution in [3.63, 3.8) is 0 Å². The van der Waals surface area contributed by atoms with E-state index >= 15 is 0 Å². The molecule has 5 heteroatoms. The van der Waals surface area contributed by atoms with Crippen LogP contribution >= 0.6 is 11.6 Å². The molecular weight excluding hydrogens is 240 g/mol. The summed E-state index contributed by atoms with van der Waals surface area (Å²) in [6.45, 7) is 3.13. The van der Waals surface area contributed by atoms with Crippen LogP contribution in [0.15, 0.2) is 18.2 Å². The minimum Gasteiger partial charge on any atom is -0.481 e. The van der Waals surface area contributed by atoms with E-state index in [1.165, 1.54) is 0 Å². The van der Waals surface area contributed by atoms with Crippen molar-refractivity contribution in [1.82, 2.24) is 9.88 Å². The molecule has 0 amide bonds. The molecule has 1 aromatic rings. The molecule has 1 heterocycles. The highest BCUT2D eigenvalue weighted by atomic mass is 35.5. The summed E-state index contributed by atoms with van der Waals surface area (Å²) in [6.07, 6.45) is 0. The fourth-order valence-electron chi connectivity index (χ4n) is 1.50. The zero-order valence-corrected chi connectivity index (χ0v) is 11.1. The van der Waals surface area contributed by atoms with Gasteiger partial charge < -0.3 is 9.47 Å². The molecular formula is C12H19ClN2O2. The molecule has 4 nitrogen and oxygen atoms in total. The van der Waals surface area contributed by atoms with Gasteiger partial charge in [0, 0.05) is 38.7 Å². The third kappa shape index (κ3) is 5.35. The predicted molar refractivity (Wildman–Crippen MR) is 68.7 cm³/mol. The number of ether oxygens (including phenoxy) is 2. The summed E-state index contributed by atoms with van der Waals surface area (Å²) in [5.41, 5.74) is 0.977. The van der Waals surface area contributed by atoms with Crippen molar-refractivity contribution in [2.75, 3.05) is 39.8 Å². The van der Waals surface area contributed by atoms with Gasteiger partial charge in [-0.15, -0.1) is 11.6 Å². The summed E-state index contributed by atoms with van der Waals surface area (Å²) in [6, 6.07) is 5.76. The average Bonchev–Trinajstić information content (AvgIpc) is 2.36. The maximum absolute atomic E-state index is 5.77. The largest absolute Gasteiger partial charge is 0.481 e. The summed E-state index contributed by atoms with van der Waals surface area (Å²) in [7, 11) is 3.32. The Kier molecular flexibility index (Phi) is 6.93. The quantitative estimate of drug-likeness (QED) is 0.666. The molecule has 0 aliphatic rings. The topological polar surface area (TPSA) is 34.6 Å². The van der Waals surface area contributed by atoms with Gasteiger partial charge in [-0.3, -0.25) is 4.90 Å². The molecule has 0 bridgehead atoms. The number of hydrogen-bond donors (Lipinski definition) is 0. The van der Waals surface area contributed by atoms with E-state index in [-0.39, 0.29) is 0 Å². The first kappa shape index (κ1) is 14.2. The lowest BCUT2D eigenvalue weighted by Crippen LogP contribution is -2.29. The first-order valence-corrected chi connectivity index (χ1v) is 6.10. The van der Waals surface area contributed by atoms with Gasteiger partial charge in [-0.05, 0) is 6.07 Å². The van der Waals surface area contributed by atoms with Gasteiger partial charge in [0.15, 0.2) is 0 Å².